The van der Waals surface area contributed by atoms with Crippen LogP contribution in [0.3, 0.4) is 0 Å². The van der Waals surface area contributed by atoms with Gasteiger partial charge in [0.25, 0.3) is 11.6 Å². The average Bonchev–Trinajstić information content (AvgIpc) is 3.17. The third-order valence-electron chi connectivity index (χ3n) is 5.05. The topological polar surface area (TPSA) is 100 Å². The van der Waals surface area contributed by atoms with Gasteiger partial charge in [-0.25, -0.2) is 0 Å². The lowest BCUT2D eigenvalue weighted by Gasteiger charge is -2.29. The molecule has 2 N–H and O–H groups in total. The van der Waals surface area contributed by atoms with E-state index in [2.05, 4.69) is 10.3 Å². The van der Waals surface area contributed by atoms with Gasteiger partial charge in [-0.3, -0.25) is 14.9 Å². The predicted molar refractivity (Wildman–Crippen MR) is 107 cm³/mol. The van der Waals surface area contributed by atoms with Crippen molar-refractivity contribution in [3.63, 3.8) is 0 Å². The molecule has 162 valence electrons. The van der Waals surface area contributed by atoms with Gasteiger partial charge in [0.15, 0.2) is 0 Å². The summed E-state index contributed by atoms with van der Waals surface area (Å²) in [7, 11) is 0. The van der Waals surface area contributed by atoms with E-state index in [0.29, 0.717) is 37.5 Å². The number of fused-ring (bicyclic) bond motifs is 1. The SMILES string of the molecule is O=C(Nc1ccc(N2CCOCC2)cc1C(F)(F)F)c1c[nH]c2ccc([N+](=O)[O-])cc12. The highest BCUT2D eigenvalue weighted by Crippen LogP contribution is 2.38. The lowest BCUT2D eigenvalue weighted by atomic mass is 10.1. The van der Waals surface area contributed by atoms with E-state index in [4.69, 9.17) is 4.74 Å². The minimum absolute atomic E-state index is 0.00378. The van der Waals surface area contributed by atoms with Crippen LogP contribution in [-0.2, 0) is 10.9 Å². The van der Waals surface area contributed by atoms with Gasteiger partial charge in [-0.2, -0.15) is 13.2 Å². The molecule has 4 rings (SSSR count). The molecule has 0 saturated carbocycles. The smallest absolute Gasteiger partial charge is 0.378 e. The number of hydrogen-bond donors (Lipinski definition) is 2. The van der Waals surface area contributed by atoms with E-state index < -0.39 is 28.3 Å². The fourth-order valence-corrected chi connectivity index (χ4v) is 3.49. The minimum Gasteiger partial charge on any atom is -0.378 e. The second kappa shape index (κ2) is 7.91. The number of rotatable bonds is 4. The highest BCUT2D eigenvalue weighted by molar-refractivity contribution is 6.13. The fourth-order valence-electron chi connectivity index (χ4n) is 3.49. The molecule has 8 nitrogen and oxygen atoms in total. The normalized spacial score (nSPS) is 14.6. The molecule has 0 atom stereocenters. The van der Waals surface area contributed by atoms with Crippen LogP contribution in [0.2, 0.25) is 0 Å². The highest BCUT2D eigenvalue weighted by atomic mass is 19.4. The molecule has 11 heteroatoms. The van der Waals surface area contributed by atoms with Crippen LogP contribution in [-0.4, -0.2) is 42.1 Å². The molecule has 0 aliphatic carbocycles. The molecule has 2 aromatic carbocycles. The van der Waals surface area contributed by atoms with Gasteiger partial charge >= 0.3 is 6.18 Å². The van der Waals surface area contributed by atoms with Gasteiger partial charge in [-0.15, -0.1) is 0 Å². The molecule has 3 aromatic rings. The van der Waals surface area contributed by atoms with E-state index in [1.165, 1.54) is 36.5 Å². The van der Waals surface area contributed by atoms with Crippen molar-refractivity contribution in [2.24, 2.45) is 0 Å². The van der Waals surface area contributed by atoms with E-state index >= 15 is 0 Å². The van der Waals surface area contributed by atoms with E-state index in [1.54, 1.807) is 4.90 Å². The fraction of sp³-hybridized carbons (Fsp3) is 0.250. The Kier molecular flexibility index (Phi) is 5.27. The number of aromatic nitrogens is 1. The molecular formula is C20H17F3N4O4. The van der Waals surface area contributed by atoms with Gasteiger partial charge in [0.05, 0.1) is 35.0 Å². The standard InChI is InChI=1S/C20H17F3N4O4/c21-20(22,23)16-10-12(26-5-7-31-8-6-26)1-4-18(16)25-19(28)15-11-24-17-3-2-13(27(29)30)9-14(15)17/h1-4,9-11,24H,5-8H2,(H,25,28). The number of amides is 1. The Bertz CT molecular complexity index is 1150. The number of halogens is 3. The van der Waals surface area contributed by atoms with Crippen molar-refractivity contribution in [1.82, 2.24) is 4.98 Å². The summed E-state index contributed by atoms with van der Waals surface area (Å²) in [5.41, 5.74) is -0.758. The van der Waals surface area contributed by atoms with Crippen LogP contribution in [0.4, 0.5) is 30.2 Å². The predicted octanol–water partition coefficient (Wildman–Crippen LogP) is 4.18. The Hall–Kier alpha value is -3.60. The first-order valence-corrected chi connectivity index (χ1v) is 9.35. The number of H-pyrrole nitrogens is 1. The Morgan fingerprint density at radius 1 is 1.16 bits per heavy atom. The summed E-state index contributed by atoms with van der Waals surface area (Å²) >= 11 is 0. The molecule has 1 aliphatic heterocycles. The van der Waals surface area contributed by atoms with Crippen molar-refractivity contribution in [2.45, 2.75) is 6.18 Å². The minimum atomic E-state index is -4.69. The first kappa shape index (κ1) is 20.7. The quantitative estimate of drug-likeness (QED) is 0.474. The van der Waals surface area contributed by atoms with Crippen molar-refractivity contribution < 1.29 is 27.6 Å². The van der Waals surface area contributed by atoms with Gasteiger partial charge in [0.1, 0.15) is 0 Å². The molecule has 2 heterocycles. The first-order valence-electron chi connectivity index (χ1n) is 9.35. The van der Waals surface area contributed by atoms with Crippen LogP contribution in [0.25, 0.3) is 10.9 Å². The van der Waals surface area contributed by atoms with Gasteiger partial charge in [-0.1, -0.05) is 0 Å². The maximum Gasteiger partial charge on any atom is 0.418 e. The second-order valence-corrected chi connectivity index (χ2v) is 6.97. The van der Waals surface area contributed by atoms with Crippen LogP contribution in [0.1, 0.15) is 15.9 Å². The van der Waals surface area contributed by atoms with Crippen LogP contribution in [0.5, 0.6) is 0 Å². The van der Waals surface area contributed by atoms with Crippen molar-refractivity contribution in [3.05, 3.63) is 63.8 Å². The molecule has 1 aromatic heterocycles. The number of benzene rings is 2. The number of nitrogens with zero attached hydrogens (tertiary/aromatic N) is 2. The second-order valence-electron chi connectivity index (χ2n) is 6.97. The van der Waals surface area contributed by atoms with Crippen LogP contribution >= 0.6 is 0 Å². The number of alkyl halides is 3. The number of nitrogens with one attached hydrogen (secondary N) is 2. The number of hydrogen-bond acceptors (Lipinski definition) is 5. The zero-order valence-corrected chi connectivity index (χ0v) is 16.0. The highest BCUT2D eigenvalue weighted by Gasteiger charge is 2.35. The maximum atomic E-state index is 13.7. The van der Waals surface area contributed by atoms with E-state index in [9.17, 15) is 28.1 Å². The number of non-ortho nitro benzene ring substituents is 1. The summed E-state index contributed by atoms with van der Waals surface area (Å²) in [6, 6.07) is 7.63. The van der Waals surface area contributed by atoms with Gasteiger partial charge < -0.3 is 19.9 Å². The Morgan fingerprint density at radius 3 is 2.58 bits per heavy atom. The van der Waals surface area contributed by atoms with E-state index in [1.807, 2.05) is 0 Å². The lowest BCUT2D eigenvalue weighted by molar-refractivity contribution is -0.384. The van der Waals surface area contributed by atoms with Crippen molar-refractivity contribution in [2.75, 3.05) is 36.5 Å². The van der Waals surface area contributed by atoms with Crippen LogP contribution in [0, 0.1) is 10.1 Å². The first-order chi connectivity index (χ1) is 14.7. The van der Waals surface area contributed by atoms with Crippen molar-refractivity contribution in [3.8, 4) is 0 Å². The maximum absolute atomic E-state index is 13.7. The third-order valence-corrected chi connectivity index (χ3v) is 5.05. The summed E-state index contributed by atoms with van der Waals surface area (Å²) in [5, 5.41) is 13.6. The molecule has 0 bridgehead atoms. The number of carbonyl (C=O) groups excluding carboxylic acids is 1. The summed E-state index contributed by atoms with van der Waals surface area (Å²) in [6.07, 6.45) is -3.39. The summed E-state index contributed by atoms with van der Waals surface area (Å²) in [6.45, 7) is 1.79. The Morgan fingerprint density at radius 2 is 1.90 bits per heavy atom. The molecule has 31 heavy (non-hydrogen) atoms. The number of morpholine rings is 1. The molecular weight excluding hydrogens is 417 g/mol. The van der Waals surface area contributed by atoms with E-state index in [0.717, 1.165) is 6.07 Å². The Labute approximate surface area is 173 Å². The van der Waals surface area contributed by atoms with Crippen LogP contribution < -0.4 is 10.2 Å². The number of ether oxygens (including phenoxy) is 1. The molecule has 0 radical (unpaired) electrons. The molecule has 1 saturated heterocycles. The third kappa shape index (κ3) is 4.17. The molecule has 0 spiro atoms. The van der Waals surface area contributed by atoms with E-state index in [-0.39, 0.29) is 16.6 Å². The monoisotopic (exact) mass is 434 g/mol. The molecule has 1 amide bonds. The number of carbonyl (C=O) groups is 1. The molecule has 0 unspecified atom stereocenters. The number of nitro groups is 1. The van der Waals surface area contributed by atoms with Gasteiger partial charge in [-0.05, 0) is 24.3 Å². The number of anilines is 2. The molecule has 1 aliphatic rings. The zero-order valence-electron chi connectivity index (χ0n) is 16.0. The summed E-state index contributed by atoms with van der Waals surface area (Å²) in [5.74, 6) is -0.809. The van der Waals surface area contributed by atoms with Gasteiger partial charge in [0, 0.05) is 48.0 Å². The van der Waals surface area contributed by atoms with Crippen LogP contribution in [0.15, 0.2) is 42.6 Å². The molecule has 1 fully saturated rings. The van der Waals surface area contributed by atoms with Crippen molar-refractivity contribution >= 4 is 33.9 Å². The number of nitro benzene ring substituents is 1. The summed E-state index contributed by atoms with van der Waals surface area (Å²) in [4.78, 5) is 27.7. The largest absolute Gasteiger partial charge is 0.418 e. The Balaban J connectivity index is 1.67. The average molecular weight is 434 g/mol. The summed E-state index contributed by atoms with van der Waals surface area (Å²) < 4.78 is 46.4. The zero-order chi connectivity index (χ0) is 22.2. The van der Waals surface area contributed by atoms with Crippen molar-refractivity contribution in [1.29, 1.82) is 0 Å². The number of aromatic amines is 1. The lowest BCUT2D eigenvalue weighted by Crippen LogP contribution is -2.36. The van der Waals surface area contributed by atoms with Gasteiger partial charge in [0.2, 0.25) is 0 Å².